The Labute approximate surface area is 109 Å². The lowest BCUT2D eigenvalue weighted by atomic mass is 10.3. The predicted octanol–water partition coefficient (Wildman–Crippen LogP) is 3.15. The predicted molar refractivity (Wildman–Crippen MR) is 72.6 cm³/mol. The summed E-state index contributed by atoms with van der Waals surface area (Å²) in [5.74, 6) is 0. The minimum absolute atomic E-state index is 0.532. The van der Waals surface area contributed by atoms with E-state index in [1.54, 1.807) is 4.68 Å². The van der Waals surface area contributed by atoms with Gasteiger partial charge in [-0.3, -0.25) is 0 Å². The van der Waals surface area contributed by atoms with Gasteiger partial charge in [0.2, 0.25) is 0 Å². The number of halogens is 1. The maximum absolute atomic E-state index is 6.07. The first kappa shape index (κ1) is 11.0. The molecule has 0 bridgehead atoms. The van der Waals surface area contributed by atoms with Crippen LogP contribution in [-0.2, 0) is 6.67 Å². The highest BCUT2D eigenvalue weighted by Gasteiger charge is 2.03. The third kappa shape index (κ3) is 2.02. The van der Waals surface area contributed by atoms with Crippen LogP contribution < -0.4 is 5.32 Å². The van der Waals surface area contributed by atoms with E-state index in [-0.39, 0.29) is 0 Å². The zero-order chi connectivity index (χ0) is 12.4. The molecule has 18 heavy (non-hydrogen) atoms. The molecule has 0 aliphatic rings. The van der Waals surface area contributed by atoms with Gasteiger partial charge in [0.15, 0.2) is 0 Å². The van der Waals surface area contributed by atoms with Crippen molar-refractivity contribution in [2.75, 3.05) is 5.32 Å². The SMILES string of the molecule is Clc1ccccc1NCn1nnc2ccccc21. The Morgan fingerprint density at radius 3 is 2.72 bits per heavy atom. The van der Waals surface area contributed by atoms with Crippen LogP contribution in [0.3, 0.4) is 0 Å². The first-order valence-corrected chi connectivity index (χ1v) is 5.99. The molecule has 4 nitrogen and oxygen atoms in total. The average molecular weight is 259 g/mol. The number of hydrogen-bond donors (Lipinski definition) is 1. The maximum atomic E-state index is 6.07. The topological polar surface area (TPSA) is 42.7 Å². The van der Waals surface area contributed by atoms with Crippen molar-refractivity contribution in [3.63, 3.8) is 0 Å². The van der Waals surface area contributed by atoms with Crippen molar-refractivity contribution in [1.29, 1.82) is 0 Å². The fraction of sp³-hybridized carbons (Fsp3) is 0.0769. The van der Waals surface area contributed by atoms with Gasteiger partial charge in [-0.2, -0.15) is 0 Å². The molecule has 0 aliphatic heterocycles. The van der Waals surface area contributed by atoms with Gasteiger partial charge in [0.05, 0.1) is 16.2 Å². The second kappa shape index (κ2) is 4.66. The lowest BCUT2D eigenvalue weighted by Gasteiger charge is -2.08. The van der Waals surface area contributed by atoms with Gasteiger partial charge in [0.1, 0.15) is 12.2 Å². The summed E-state index contributed by atoms with van der Waals surface area (Å²) < 4.78 is 1.80. The van der Waals surface area contributed by atoms with Gasteiger partial charge >= 0.3 is 0 Å². The molecule has 0 amide bonds. The number of rotatable bonds is 3. The molecule has 0 atom stereocenters. The van der Waals surface area contributed by atoms with Crippen LogP contribution in [0.1, 0.15) is 0 Å². The normalized spacial score (nSPS) is 10.7. The maximum Gasteiger partial charge on any atom is 0.113 e. The number of anilines is 1. The monoisotopic (exact) mass is 258 g/mol. The molecule has 0 saturated carbocycles. The summed E-state index contributed by atoms with van der Waals surface area (Å²) in [6.45, 7) is 0.532. The first-order valence-electron chi connectivity index (χ1n) is 5.61. The molecule has 0 saturated heterocycles. The first-order chi connectivity index (χ1) is 8.84. The summed E-state index contributed by atoms with van der Waals surface area (Å²) >= 11 is 6.07. The van der Waals surface area contributed by atoms with Crippen molar-refractivity contribution >= 4 is 28.3 Å². The van der Waals surface area contributed by atoms with Crippen molar-refractivity contribution in [3.8, 4) is 0 Å². The molecule has 3 aromatic rings. The zero-order valence-electron chi connectivity index (χ0n) is 9.55. The van der Waals surface area contributed by atoms with Gasteiger partial charge in [-0.05, 0) is 24.3 Å². The van der Waals surface area contributed by atoms with Crippen LogP contribution in [0.25, 0.3) is 11.0 Å². The lowest BCUT2D eigenvalue weighted by molar-refractivity contribution is 0.655. The van der Waals surface area contributed by atoms with Crippen LogP contribution in [0.15, 0.2) is 48.5 Å². The van der Waals surface area contributed by atoms with Crippen LogP contribution >= 0.6 is 11.6 Å². The van der Waals surface area contributed by atoms with E-state index >= 15 is 0 Å². The van der Waals surface area contributed by atoms with Crippen LogP contribution in [0.2, 0.25) is 5.02 Å². The number of para-hydroxylation sites is 2. The quantitative estimate of drug-likeness (QED) is 0.785. The Balaban J connectivity index is 1.83. The molecule has 5 heteroatoms. The minimum Gasteiger partial charge on any atom is -0.365 e. The largest absolute Gasteiger partial charge is 0.365 e. The van der Waals surface area contributed by atoms with Crippen molar-refractivity contribution in [2.45, 2.75) is 6.67 Å². The number of nitrogens with one attached hydrogen (secondary N) is 1. The summed E-state index contributed by atoms with van der Waals surface area (Å²) in [7, 11) is 0. The van der Waals surface area contributed by atoms with Crippen molar-refractivity contribution in [3.05, 3.63) is 53.6 Å². The van der Waals surface area contributed by atoms with E-state index in [9.17, 15) is 0 Å². The Morgan fingerprint density at radius 1 is 1.06 bits per heavy atom. The molecule has 3 rings (SSSR count). The van der Waals surface area contributed by atoms with E-state index in [1.165, 1.54) is 0 Å². The molecule has 0 fully saturated rings. The fourth-order valence-electron chi connectivity index (χ4n) is 1.80. The Morgan fingerprint density at radius 2 is 1.83 bits per heavy atom. The number of benzene rings is 2. The highest BCUT2D eigenvalue weighted by atomic mass is 35.5. The van der Waals surface area contributed by atoms with Gasteiger partial charge < -0.3 is 5.32 Å². The molecule has 0 aliphatic carbocycles. The Bertz CT molecular complexity index is 677. The number of aromatic nitrogens is 3. The Hall–Kier alpha value is -2.07. The molecular weight excluding hydrogens is 248 g/mol. The van der Waals surface area contributed by atoms with E-state index in [2.05, 4.69) is 15.6 Å². The highest BCUT2D eigenvalue weighted by molar-refractivity contribution is 6.33. The van der Waals surface area contributed by atoms with Crippen molar-refractivity contribution in [2.24, 2.45) is 0 Å². The molecule has 1 heterocycles. The third-order valence-corrected chi connectivity index (χ3v) is 3.04. The summed E-state index contributed by atoms with van der Waals surface area (Å²) in [4.78, 5) is 0. The molecular formula is C13H11ClN4. The third-order valence-electron chi connectivity index (χ3n) is 2.71. The van der Waals surface area contributed by atoms with Gasteiger partial charge in [-0.1, -0.05) is 41.1 Å². The summed E-state index contributed by atoms with van der Waals surface area (Å²) in [5, 5.41) is 12.1. The number of nitrogens with zero attached hydrogens (tertiary/aromatic N) is 3. The van der Waals surface area contributed by atoms with E-state index in [0.29, 0.717) is 11.7 Å². The van der Waals surface area contributed by atoms with E-state index in [4.69, 9.17) is 11.6 Å². The molecule has 1 N–H and O–H groups in total. The molecule has 1 aromatic heterocycles. The molecule has 0 radical (unpaired) electrons. The summed E-state index contributed by atoms with van der Waals surface area (Å²) in [6.07, 6.45) is 0. The van der Waals surface area contributed by atoms with Gasteiger partial charge in [-0.25, -0.2) is 4.68 Å². The smallest absolute Gasteiger partial charge is 0.113 e. The van der Waals surface area contributed by atoms with Gasteiger partial charge in [-0.15, -0.1) is 5.10 Å². The second-order valence-corrected chi connectivity index (χ2v) is 4.30. The van der Waals surface area contributed by atoms with Crippen molar-refractivity contribution in [1.82, 2.24) is 15.0 Å². The molecule has 90 valence electrons. The van der Waals surface area contributed by atoms with Gasteiger partial charge in [0, 0.05) is 0 Å². The number of hydrogen-bond acceptors (Lipinski definition) is 3. The average Bonchev–Trinajstić information content (AvgIpc) is 2.81. The van der Waals surface area contributed by atoms with Crippen LogP contribution in [0.4, 0.5) is 5.69 Å². The molecule has 2 aromatic carbocycles. The van der Waals surface area contributed by atoms with Gasteiger partial charge in [0.25, 0.3) is 0 Å². The van der Waals surface area contributed by atoms with E-state index in [0.717, 1.165) is 16.7 Å². The van der Waals surface area contributed by atoms with Crippen LogP contribution in [0.5, 0.6) is 0 Å². The fourth-order valence-corrected chi connectivity index (χ4v) is 2.00. The highest BCUT2D eigenvalue weighted by Crippen LogP contribution is 2.20. The number of fused-ring (bicyclic) bond motifs is 1. The van der Waals surface area contributed by atoms with Crippen LogP contribution in [-0.4, -0.2) is 15.0 Å². The minimum atomic E-state index is 0.532. The lowest BCUT2D eigenvalue weighted by Crippen LogP contribution is -2.09. The van der Waals surface area contributed by atoms with E-state index < -0.39 is 0 Å². The summed E-state index contributed by atoms with van der Waals surface area (Å²) in [6, 6.07) is 15.5. The second-order valence-electron chi connectivity index (χ2n) is 3.89. The van der Waals surface area contributed by atoms with E-state index in [1.807, 2.05) is 48.5 Å². The summed E-state index contributed by atoms with van der Waals surface area (Å²) in [5.41, 5.74) is 2.77. The van der Waals surface area contributed by atoms with Crippen LogP contribution in [0, 0.1) is 0 Å². The standard InChI is InChI=1S/C13H11ClN4/c14-10-5-1-2-6-11(10)15-9-18-13-8-4-3-7-12(13)16-17-18/h1-8,15H,9H2. The van der Waals surface area contributed by atoms with Crippen molar-refractivity contribution < 1.29 is 0 Å². The molecule has 0 unspecified atom stereocenters. The zero-order valence-corrected chi connectivity index (χ0v) is 10.3. The molecule has 0 spiro atoms. The Kier molecular flexibility index (Phi) is 2.86.